The van der Waals surface area contributed by atoms with Crippen LogP contribution in [0.25, 0.3) is 0 Å². The molecule has 3 amide bonds. The molecular weight excluding hydrogens is 488 g/mol. The van der Waals surface area contributed by atoms with Crippen molar-refractivity contribution in [2.45, 2.75) is 63.5 Å². The zero-order valence-electron chi connectivity index (χ0n) is 19.8. The normalized spacial score (nSPS) is 24.2. The van der Waals surface area contributed by atoms with E-state index in [9.17, 15) is 28.3 Å². The Kier molecular flexibility index (Phi) is 6.36. The van der Waals surface area contributed by atoms with Crippen LogP contribution in [0.4, 0.5) is 8.78 Å². The first-order valence-corrected chi connectivity index (χ1v) is 11.9. The largest absolute Gasteiger partial charge is 0.390 e. The van der Waals surface area contributed by atoms with Gasteiger partial charge in [-0.15, -0.1) is 5.10 Å². The van der Waals surface area contributed by atoms with Crippen molar-refractivity contribution in [3.63, 3.8) is 0 Å². The predicted octanol–water partition coefficient (Wildman–Crippen LogP) is 0.315. The molecule has 2 fully saturated rings. The van der Waals surface area contributed by atoms with Gasteiger partial charge < -0.3 is 20.2 Å². The number of amides is 3. The third-order valence-electron chi connectivity index (χ3n) is 7.14. The Morgan fingerprint density at radius 3 is 2.84 bits per heavy atom. The Bertz CT molecular complexity index is 1290. The van der Waals surface area contributed by atoms with Gasteiger partial charge in [0.15, 0.2) is 0 Å². The van der Waals surface area contributed by atoms with Crippen molar-refractivity contribution >= 4 is 17.7 Å². The minimum atomic E-state index is -3.15. The molecule has 0 radical (unpaired) electrons. The lowest BCUT2D eigenvalue weighted by molar-refractivity contribution is -0.135. The van der Waals surface area contributed by atoms with Crippen molar-refractivity contribution in [2.75, 3.05) is 6.54 Å². The van der Waals surface area contributed by atoms with Crippen LogP contribution < -0.4 is 5.32 Å². The van der Waals surface area contributed by atoms with Crippen LogP contribution in [0.15, 0.2) is 24.4 Å². The SMILES string of the molecule is N#C[C@@H]1CC(F)(F)CN1C(=O)C1C[C@@H](CC(=O)N2Cc3cccc(Cn4cc(CO)nn4)c3C2)C(=O)N1. The zero-order chi connectivity index (χ0) is 26.3. The zero-order valence-corrected chi connectivity index (χ0v) is 19.8. The number of hydrogen-bond acceptors (Lipinski definition) is 7. The van der Waals surface area contributed by atoms with Gasteiger partial charge in [-0.25, -0.2) is 13.5 Å². The van der Waals surface area contributed by atoms with E-state index in [1.807, 2.05) is 18.2 Å². The molecule has 2 saturated heterocycles. The number of halogens is 2. The van der Waals surface area contributed by atoms with Gasteiger partial charge in [0.25, 0.3) is 5.92 Å². The van der Waals surface area contributed by atoms with E-state index >= 15 is 0 Å². The fourth-order valence-corrected chi connectivity index (χ4v) is 5.26. The summed E-state index contributed by atoms with van der Waals surface area (Å²) in [6, 6.07) is 5.20. The number of rotatable bonds is 6. The van der Waals surface area contributed by atoms with Crippen LogP contribution in [0.1, 0.15) is 41.6 Å². The van der Waals surface area contributed by atoms with Crippen molar-refractivity contribution in [3.8, 4) is 6.07 Å². The number of carbonyl (C=O) groups is 3. The standard InChI is InChI=1S/C24H25F2N7O4/c25-24(26)6-18(7-27)33(13-24)23(37)20-4-16(22(36)28-20)5-21(35)31-8-14-2-1-3-15(19(14)11-31)9-32-10-17(12-34)29-30-32/h1-3,10,16,18,20,34H,4-6,8-9,11-13H2,(H,28,36)/t16-,18-,20?/m0/s1. The van der Waals surface area contributed by atoms with Crippen molar-refractivity contribution < 1.29 is 28.3 Å². The second-order valence-electron chi connectivity index (χ2n) is 9.74. The highest BCUT2D eigenvalue weighted by Crippen LogP contribution is 2.34. The molecule has 3 atom stereocenters. The molecule has 2 aromatic rings. The topological polar surface area (TPSA) is 144 Å². The minimum absolute atomic E-state index is 0.00908. The molecule has 5 rings (SSSR count). The van der Waals surface area contributed by atoms with E-state index < -0.39 is 48.7 Å². The molecule has 1 aromatic heterocycles. The number of nitriles is 1. The molecule has 0 saturated carbocycles. The lowest BCUT2D eigenvalue weighted by atomic mass is 9.99. The molecule has 0 spiro atoms. The molecule has 0 bridgehead atoms. The number of likely N-dealkylation sites (tertiary alicyclic amines) is 1. The number of aliphatic hydroxyl groups excluding tert-OH is 1. The Morgan fingerprint density at radius 1 is 1.30 bits per heavy atom. The molecule has 2 N–H and O–H groups in total. The maximum atomic E-state index is 13.8. The fourth-order valence-electron chi connectivity index (χ4n) is 5.26. The third-order valence-corrected chi connectivity index (χ3v) is 7.14. The summed E-state index contributed by atoms with van der Waals surface area (Å²) in [6.45, 7) is 0.0936. The molecule has 4 heterocycles. The summed E-state index contributed by atoms with van der Waals surface area (Å²) in [4.78, 5) is 40.9. The first-order valence-electron chi connectivity index (χ1n) is 11.9. The van der Waals surface area contributed by atoms with Crippen molar-refractivity contribution in [3.05, 3.63) is 46.8 Å². The predicted molar refractivity (Wildman–Crippen MR) is 121 cm³/mol. The molecular formula is C24H25F2N7O4. The van der Waals surface area contributed by atoms with Gasteiger partial charge in [-0.2, -0.15) is 5.26 Å². The number of nitrogens with one attached hydrogen (secondary N) is 1. The summed E-state index contributed by atoms with van der Waals surface area (Å²) in [7, 11) is 0. The van der Waals surface area contributed by atoms with Crippen molar-refractivity contribution in [1.29, 1.82) is 5.26 Å². The van der Waals surface area contributed by atoms with Gasteiger partial charge in [0.1, 0.15) is 17.8 Å². The maximum Gasteiger partial charge on any atom is 0.268 e. The van der Waals surface area contributed by atoms with Gasteiger partial charge in [-0.05, 0) is 23.1 Å². The van der Waals surface area contributed by atoms with Gasteiger partial charge in [0.05, 0.1) is 32.0 Å². The minimum Gasteiger partial charge on any atom is -0.390 e. The van der Waals surface area contributed by atoms with Crippen LogP contribution in [0.5, 0.6) is 0 Å². The summed E-state index contributed by atoms with van der Waals surface area (Å²) in [5.74, 6) is -5.36. The number of benzene rings is 1. The Labute approximate surface area is 210 Å². The van der Waals surface area contributed by atoms with Crippen LogP contribution in [0.3, 0.4) is 0 Å². The number of aromatic nitrogens is 3. The first kappa shape index (κ1) is 24.8. The summed E-state index contributed by atoms with van der Waals surface area (Å²) in [6.07, 6.45) is 0.819. The van der Waals surface area contributed by atoms with E-state index in [1.54, 1.807) is 21.8 Å². The number of carbonyl (C=O) groups excluding carboxylic acids is 3. The smallest absolute Gasteiger partial charge is 0.268 e. The second kappa shape index (κ2) is 9.51. The lowest BCUT2D eigenvalue weighted by Gasteiger charge is -2.22. The van der Waals surface area contributed by atoms with Crippen molar-refractivity contribution in [1.82, 2.24) is 30.1 Å². The summed E-state index contributed by atoms with van der Waals surface area (Å²) < 4.78 is 29.1. The monoisotopic (exact) mass is 513 g/mol. The van der Waals surface area contributed by atoms with E-state index in [-0.39, 0.29) is 25.4 Å². The van der Waals surface area contributed by atoms with Crippen LogP contribution >= 0.6 is 0 Å². The molecule has 3 aliphatic heterocycles. The van der Waals surface area contributed by atoms with Gasteiger partial charge >= 0.3 is 0 Å². The van der Waals surface area contributed by atoms with Crippen molar-refractivity contribution in [2.24, 2.45) is 5.92 Å². The van der Waals surface area contributed by atoms with Crippen LogP contribution in [-0.2, 0) is 40.6 Å². The summed E-state index contributed by atoms with van der Waals surface area (Å²) in [5, 5.41) is 28.7. The third kappa shape index (κ3) is 4.89. The average molecular weight is 514 g/mol. The van der Waals surface area contributed by atoms with Gasteiger partial charge in [0, 0.05) is 31.8 Å². The number of hydrogen-bond donors (Lipinski definition) is 2. The highest BCUT2D eigenvalue weighted by Gasteiger charge is 2.50. The van der Waals surface area contributed by atoms with Gasteiger partial charge in [-0.1, -0.05) is 23.4 Å². The number of fused-ring (bicyclic) bond motifs is 1. The average Bonchev–Trinajstić information content (AvgIpc) is 3.64. The maximum absolute atomic E-state index is 13.8. The van der Waals surface area contributed by atoms with E-state index in [0.717, 1.165) is 21.6 Å². The molecule has 0 aliphatic carbocycles. The molecule has 3 aliphatic rings. The Hall–Kier alpha value is -3.92. The lowest BCUT2D eigenvalue weighted by Crippen LogP contribution is -2.46. The summed E-state index contributed by atoms with van der Waals surface area (Å²) >= 11 is 0. The Morgan fingerprint density at radius 2 is 2.11 bits per heavy atom. The highest BCUT2D eigenvalue weighted by atomic mass is 19.3. The van der Waals surface area contributed by atoms with Gasteiger partial charge in [0.2, 0.25) is 17.7 Å². The summed E-state index contributed by atoms with van der Waals surface area (Å²) in [5.41, 5.74) is 3.38. The fraction of sp³-hybridized carbons (Fsp3) is 0.500. The molecule has 1 unspecified atom stereocenters. The van der Waals surface area contributed by atoms with E-state index in [2.05, 4.69) is 15.6 Å². The van der Waals surface area contributed by atoms with Gasteiger partial charge in [-0.3, -0.25) is 14.4 Å². The molecule has 13 heteroatoms. The van der Waals surface area contributed by atoms with E-state index in [4.69, 9.17) is 5.26 Å². The molecule has 37 heavy (non-hydrogen) atoms. The van der Waals surface area contributed by atoms with Crippen LogP contribution in [-0.4, -0.2) is 72.2 Å². The first-order chi connectivity index (χ1) is 17.7. The van der Waals surface area contributed by atoms with Crippen LogP contribution in [0.2, 0.25) is 0 Å². The highest BCUT2D eigenvalue weighted by molar-refractivity contribution is 5.94. The quantitative estimate of drug-likeness (QED) is 0.566. The number of alkyl halides is 2. The van der Waals surface area contributed by atoms with Crippen LogP contribution in [0, 0.1) is 17.2 Å². The Balaban J connectivity index is 1.21. The number of nitrogens with zero attached hydrogens (tertiary/aromatic N) is 6. The molecule has 11 nitrogen and oxygen atoms in total. The molecule has 194 valence electrons. The second-order valence-corrected chi connectivity index (χ2v) is 9.74. The van der Waals surface area contributed by atoms with E-state index in [0.29, 0.717) is 25.3 Å². The number of aliphatic hydroxyl groups is 1. The van der Waals surface area contributed by atoms with E-state index in [1.165, 1.54) is 0 Å². The molecule has 1 aromatic carbocycles.